The molecule has 0 spiro atoms. The van der Waals surface area contributed by atoms with Crippen LogP contribution in [0, 0.1) is 11.8 Å². The summed E-state index contributed by atoms with van der Waals surface area (Å²) < 4.78 is 46.8. The summed E-state index contributed by atoms with van der Waals surface area (Å²) in [7, 11) is -3.24. The Morgan fingerprint density at radius 1 is 1.16 bits per heavy atom. The molecule has 4 aromatic rings. The van der Waals surface area contributed by atoms with Crippen LogP contribution < -0.4 is 9.26 Å². The number of fused-ring (bicyclic) bond motifs is 1. The van der Waals surface area contributed by atoms with Gasteiger partial charge in [-0.25, -0.2) is 14.5 Å². The van der Waals surface area contributed by atoms with Crippen molar-refractivity contribution in [2.75, 3.05) is 18.2 Å². The number of imidazole rings is 1. The average molecular weight is 453 g/mol. The predicted molar refractivity (Wildman–Crippen MR) is 114 cm³/mol. The Hall–Kier alpha value is -4.01. The normalized spacial score (nSPS) is 11.1. The lowest BCUT2D eigenvalue weighted by atomic mass is 10.2. The van der Waals surface area contributed by atoms with Crippen molar-refractivity contribution in [3.8, 4) is 29.0 Å². The Labute approximate surface area is 182 Å². The topological polar surface area (TPSA) is 110 Å². The molecule has 0 saturated carbocycles. The van der Waals surface area contributed by atoms with Crippen LogP contribution in [-0.4, -0.2) is 46.8 Å². The van der Waals surface area contributed by atoms with E-state index in [1.807, 2.05) is 0 Å². The highest BCUT2D eigenvalue weighted by Gasteiger charge is 2.29. The first-order valence-corrected chi connectivity index (χ1v) is 10.6. The van der Waals surface area contributed by atoms with Gasteiger partial charge in [-0.05, 0) is 36.3 Å². The molecule has 0 atom stereocenters. The molecule has 0 aliphatic carbocycles. The van der Waals surface area contributed by atoms with Gasteiger partial charge in [-0.1, -0.05) is 33.1 Å². The van der Waals surface area contributed by atoms with Crippen LogP contribution in [0.15, 0.2) is 65.8 Å². The molecule has 11 heteroatoms. The number of aromatic nitrogens is 4. The smallest absolute Gasteiger partial charge is 0.290 e. The van der Waals surface area contributed by atoms with Gasteiger partial charge in [-0.3, -0.25) is 0 Å². The number of halogens is 1. The molecule has 0 radical (unpaired) electrons. The largest absolute Gasteiger partial charge is 0.479 e. The molecule has 0 aliphatic heterocycles. The van der Waals surface area contributed by atoms with Gasteiger partial charge in [-0.2, -0.15) is 13.5 Å². The Morgan fingerprint density at radius 3 is 2.66 bits per heavy atom. The van der Waals surface area contributed by atoms with Crippen LogP contribution >= 0.6 is 0 Å². The third-order valence-corrected chi connectivity index (χ3v) is 5.91. The van der Waals surface area contributed by atoms with Gasteiger partial charge in [0.2, 0.25) is 5.88 Å². The van der Waals surface area contributed by atoms with Crippen LogP contribution in [0.25, 0.3) is 16.9 Å². The molecular weight excluding hydrogens is 437 g/mol. The molecular formula is C21H16FN5O4S. The molecule has 0 amide bonds. The van der Waals surface area contributed by atoms with E-state index in [0.717, 1.165) is 0 Å². The first-order chi connectivity index (χ1) is 15.5. The minimum absolute atomic E-state index is 0.214. The van der Waals surface area contributed by atoms with E-state index >= 15 is 4.48 Å². The number of ether oxygens (including phenoxy) is 1. The molecule has 0 unspecified atom stereocenters. The number of anilines is 1. The lowest BCUT2D eigenvalue weighted by Crippen LogP contribution is -2.23. The Morgan fingerprint density at radius 2 is 1.94 bits per heavy atom. The van der Waals surface area contributed by atoms with E-state index in [2.05, 4.69) is 26.9 Å². The zero-order valence-corrected chi connectivity index (χ0v) is 17.5. The summed E-state index contributed by atoms with van der Waals surface area (Å²) >= 11 is 0. The molecule has 0 saturated heterocycles. The van der Waals surface area contributed by atoms with Crippen molar-refractivity contribution < 1.29 is 22.7 Å². The fraction of sp³-hybridized carbons (Fsp3) is 0.0952. The maximum atomic E-state index is 15.2. The zero-order valence-electron chi connectivity index (χ0n) is 16.7. The summed E-state index contributed by atoms with van der Waals surface area (Å²) in [5.41, 5.74) is 1.25. The van der Waals surface area contributed by atoms with E-state index in [4.69, 9.17) is 9.84 Å². The molecule has 0 aliphatic rings. The molecule has 0 fully saturated rings. The third kappa shape index (κ3) is 3.84. The summed E-state index contributed by atoms with van der Waals surface area (Å²) in [6.07, 6.45) is 2.89. The first-order valence-electron chi connectivity index (χ1n) is 9.21. The van der Waals surface area contributed by atoms with E-state index in [-0.39, 0.29) is 21.9 Å². The van der Waals surface area contributed by atoms with Crippen molar-refractivity contribution in [2.24, 2.45) is 0 Å². The van der Waals surface area contributed by atoms with Crippen molar-refractivity contribution in [1.82, 2.24) is 19.6 Å². The van der Waals surface area contributed by atoms with Gasteiger partial charge in [0.15, 0.2) is 5.65 Å². The second-order valence-electron chi connectivity index (χ2n) is 6.38. The number of sulfonamides is 1. The minimum Gasteiger partial charge on any atom is -0.479 e. The van der Waals surface area contributed by atoms with E-state index in [9.17, 15) is 8.42 Å². The SMILES string of the molecule is COc1ncc(-c2ccc3ncc(C#CCO)n3n2)cc1N(F)S(=O)(=O)c1ccccc1. The fourth-order valence-corrected chi connectivity index (χ4v) is 4.00. The number of aliphatic hydroxyl groups excluding tert-OH is 1. The van der Waals surface area contributed by atoms with Crippen LogP contribution in [0.4, 0.5) is 10.2 Å². The highest BCUT2D eigenvalue weighted by molar-refractivity contribution is 7.92. The van der Waals surface area contributed by atoms with Gasteiger partial charge in [0.1, 0.15) is 18.0 Å². The minimum atomic E-state index is -4.50. The predicted octanol–water partition coefficient (Wildman–Crippen LogP) is 2.22. The summed E-state index contributed by atoms with van der Waals surface area (Å²) in [4.78, 5) is 8.00. The van der Waals surface area contributed by atoms with Crippen molar-refractivity contribution >= 4 is 21.4 Å². The molecule has 1 N–H and O–H groups in total. The van der Waals surface area contributed by atoms with E-state index in [1.165, 1.54) is 54.4 Å². The number of aliphatic hydroxyl groups is 1. The Balaban J connectivity index is 1.80. The number of methoxy groups -OCH3 is 1. The number of pyridine rings is 1. The standard InChI is InChI=1S/C21H16FN5O4S/c1-31-21-19(27(22)32(29,30)17-7-3-2-4-8-17)12-15(13-24-21)18-9-10-20-23-14-16(6-5-11-28)26(20)25-18/h2-4,7-10,12-14,28H,11H2,1H3. The van der Waals surface area contributed by atoms with Crippen molar-refractivity contribution in [1.29, 1.82) is 0 Å². The number of rotatable bonds is 5. The maximum Gasteiger partial charge on any atom is 0.290 e. The van der Waals surface area contributed by atoms with Crippen LogP contribution in [0.2, 0.25) is 0 Å². The van der Waals surface area contributed by atoms with Crippen LogP contribution in [0.5, 0.6) is 5.88 Å². The second-order valence-corrected chi connectivity index (χ2v) is 8.12. The van der Waals surface area contributed by atoms with E-state index < -0.39 is 15.7 Å². The van der Waals surface area contributed by atoms with Gasteiger partial charge >= 0.3 is 0 Å². The number of hydrogen-bond donors (Lipinski definition) is 1. The van der Waals surface area contributed by atoms with Gasteiger partial charge in [0.25, 0.3) is 10.0 Å². The van der Waals surface area contributed by atoms with Gasteiger partial charge in [-0.15, -0.1) is 0 Å². The van der Waals surface area contributed by atoms with Crippen molar-refractivity contribution in [3.63, 3.8) is 0 Å². The molecule has 0 bridgehead atoms. The van der Waals surface area contributed by atoms with Crippen LogP contribution in [-0.2, 0) is 10.0 Å². The highest BCUT2D eigenvalue weighted by Crippen LogP contribution is 2.34. The van der Waals surface area contributed by atoms with Crippen LogP contribution in [0.3, 0.4) is 0 Å². The van der Waals surface area contributed by atoms with Crippen LogP contribution in [0.1, 0.15) is 5.69 Å². The molecule has 1 aromatic carbocycles. The summed E-state index contributed by atoms with van der Waals surface area (Å²) in [5.74, 6) is 5.05. The van der Waals surface area contributed by atoms with Crippen molar-refractivity contribution in [3.05, 3.63) is 66.6 Å². The summed E-state index contributed by atoms with van der Waals surface area (Å²) in [5, 5.41) is 13.4. The molecule has 4 rings (SSSR count). The maximum absolute atomic E-state index is 15.2. The Kier molecular flexibility index (Phi) is 5.72. The third-order valence-electron chi connectivity index (χ3n) is 4.42. The van der Waals surface area contributed by atoms with Gasteiger partial charge < -0.3 is 9.84 Å². The average Bonchev–Trinajstić information content (AvgIpc) is 3.24. The summed E-state index contributed by atoms with van der Waals surface area (Å²) in [6.45, 7) is -0.319. The summed E-state index contributed by atoms with van der Waals surface area (Å²) in [6, 6.07) is 11.8. The lowest BCUT2D eigenvalue weighted by Gasteiger charge is -2.17. The fourth-order valence-electron chi connectivity index (χ4n) is 2.92. The lowest BCUT2D eigenvalue weighted by molar-refractivity contribution is 0.350. The molecule has 9 nitrogen and oxygen atoms in total. The molecule has 32 heavy (non-hydrogen) atoms. The van der Waals surface area contributed by atoms with Crippen molar-refractivity contribution in [2.45, 2.75) is 4.90 Å². The van der Waals surface area contributed by atoms with E-state index in [0.29, 0.717) is 22.6 Å². The van der Waals surface area contributed by atoms with Gasteiger partial charge in [0.05, 0.1) is 23.9 Å². The van der Waals surface area contributed by atoms with Gasteiger partial charge in [0, 0.05) is 11.8 Å². The molecule has 162 valence electrons. The second kappa shape index (κ2) is 8.62. The highest BCUT2D eigenvalue weighted by atomic mass is 32.2. The Bertz CT molecular complexity index is 1450. The number of benzene rings is 1. The first kappa shape index (κ1) is 21.2. The quantitative estimate of drug-likeness (QED) is 0.364. The van der Waals surface area contributed by atoms with E-state index in [1.54, 1.807) is 18.2 Å². The monoisotopic (exact) mass is 453 g/mol. The molecule has 3 heterocycles. The number of hydrogen-bond acceptors (Lipinski definition) is 7. The molecule has 3 aromatic heterocycles. The number of nitrogens with zero attached hydrogens (tertiary/aromatic N) is 5. The zero-order chi connectivity index (χ0) is 22.7.